The van der Waals surface area contributed by atoms with Crippen LogP contribution in [0.5, 0.6) is 0 Å². The van der Waals surface area contributed by atoms with Gasteiger partial charge in [-0.15, -0.1) is 0 Å². The van der Waals surface area contributed by atoms with E-state index < -0.39 is 0 Å². The summed E-state index contributed by atoms with van der Waals surface area (Å²) in [7, 11) is 0. The van der Waals surface area contributed by atoms with Crippen LogP contribution in [-0.4, -0.2) is 10.4 Å². The third kappa shape index (κ3) is 3.27. The van der Waals surface area contributed by atoms with Crippen LogP contribution in [0.1, 0.15) is 38.6 Å². The molecule has 25 heavy (non-hydrogen) atoms. The SMILES string of the molecule is Cc1ccc(-n2c(C)cc(C(=O)C[n+]3ccccc3C)c2C)cc1C. The Morgan fingerprint density at radius 1 is 0.960 bits per heavy atom. The molecule has 3 rings (SSSR count). The summed E-state index contributed by atoms with van der Waals surface area (Å²) in [6.07, 6.45) is 1.95. The quantitative estimate of drug-likeness (QED) is 0.519. The first-order valence-electron chi connectivity index (χ1n) is 8.63. The average Bonchev–Trinajstić information content (AvgIpc) is 2.87. The fourth-order valence-electron chi connectivity index (χ4n) is 3.29. The van der Waals surface area contributed by atoms with Gasteiger partial charge in [-0.25, -0.2) is 0 Å². The van der Waals surface area contributed by atoms with Crippen LogP contribution in [0.2, 0.25) is 0 Å². The van der Waals surface area contributed by atoms with Crippen molar-refractivity contribution in [1.82, 2.24) is 4.57 Å². The Kier molecular flexibility index (Phi) is 4.58. The summed E-state index contributed by atoms with van der Waals surface area (Å²) in [6, 6.07) is 14.4. The van der Waals surface area contributed by atoms with E-state index >= 15 is 0 Å². The van der Waals surface area contributed by atoms with E-state index in [2.05, 4.69) is 43.5 Å². The van der Waals surface area contributed by atoms with Crippen molar-refractivity contribution in [3.8, 4) is 5.69 Å². The van der Waals surface area contributed by atoms with Crippen LogP contribution in [0.15, 0.2) is 48.7 Å². The lowest BCUT2D eigenvalue weighted by Gasteiger charge is -2.12. The Bertz CT molecular complexity index is 951. The monoisotopic (exact) mass is 333 g/mol. The molecule has 0 aliphatic carbocycles. The van der Waals surface area contributed by atoms with Crippen molar-refractivity contribution >= 4 is 5.78 Å². The Balaban J connectivity index is 1.98. The third-order valence-corrected chi connectivity index (χ3v) is 4.96. The number of nitrogens with zero attached hydrogens (tertiary/aromatic N) is 2. The van der Waals surface area contributed by atoms with E-state index in [9.17, 15) is 4.79 Å². The van der Waals surface area contributed by atoms with Gasteiger partial charge in [-0.05, 0) is 57.0 Å². The molecule has 0 fully saturated rings. The largest absolute Gasteiger partial charge is 0.318 e. The van der Waals surface area contributed by atoms with Crippen LogP contribution in [0, 0.1) is 34.6 Å². The van der Waals surface area contributed by atoms with Crippen molar-refractivity contribution < 1.29 is 9.36 Å². The fraction of sp³-hybridized carbons (Fsp3) is 0.273. The summed E-state index contributed by atoms with van der Waals surface area (Å²) < 4.78 is 4.16. The second-order valence-corrected chi connectivity index (χ2v) is 6.78. The smallest absolute Gasteiger partial charge is 0.229 e. The Hall–Kier alpha value is -2.68. The normalized spacial score (nSPS) is 10.9. The van der Waals surface area contributed by atoms with Gasteiger partial charge in [0.15, 0.2) is 11.9 Å². The van der Waals surface area contributed by atoms with Gasteiger partial charge in [-0.1, -0.05) is 12.1 Å². The molecule has 0 atom stereocenters. The van der Waals surface area contributed by atoms with Crippen LogP contribution in [-0.2, 0) is 6.54 Å². The molecule has 0 saturated heterocycles. The number of hydrogen-bond acceptors (Lipinski definition) is 1. The number of Topliss-reactive ketones (excluding diaryl/α,β-unsaturated/α-hetero) is 1. The summed E-state index contributed by atoms with van der Waals surface area (Å²) in [5.41, 5.74) is 7.61. The predicted molar refractivity (Wildman–Crippen MR) is 100 cm³/mol. The van der Waals surface area contributed by atoms with Gasteiger partial charge in [0.25, 0.3) is 0 Å². The minimum absolute atomic E-state index is 0.141. The number of rotatable bonds is 4. The molecule has 0 aliphatic rings. The molecule has 0 amide bonds. The minimum atomic E-state index is 0.141. The van der Waals surface area contributed by atoms with Crippen LogP contribution < -0.4 is 4.57 Å². The van der Waals surface area contributed by atoms with Gasteiger partial charge in [-0.3, -0.25) is 4.79 Å². The summed E-state index contributed by atoms with van der Waals surface area (Å²) in [5, 5.41) is 0. The van der Waals surface area contributed by atoms with E-state index in [1.165, 1.54) is 11.1 Å². The van der Waals surface area contributed by atoms with Gasteiger partial charge < -0.3 is 4.57 Å². The van der Waals surface area contributed by atoms with E-state index in [1.54, 1.807) is 0 Å². The molecule has 0 radical (unpaired) electrons. The number of carbonyl (C=O) groups excluding carboxylic acids is 1. The number of ketones is 1. The standard InChI is InChI=1S/C22H25N2O/c1-15-9-10-20(12-16(15)2)24-18(4)13-21(19(24)5)22(25)14-23-11-7-6-8-17(23)3/h6-13H,14H2,1-5H3/q+1. The van der Waals surface area contributed by atoms with Crippen LogP contribution in [0.4, 0.5) is 0 Å². The topological polar surface area (TPSA) is 25.9 Å². The zero-order chi connectivity index (χ0) is 18.1. The maximum absolute atomic E-state index is 12.9. The summed E-state index contributed by atoms with van der Waals surface area (Å²) in [6.45, 7) is 10.7. The van der Waals surface area contributed by atoms with Crippen molar-refractivity contribution in [2.24, 2.45) is 0 Å². The molecule has 2 heterocycles. The molecule has 0 spiro atoms. The second kappa shape index (κ2) is 6.67. The lowest BCUT2D eigenvalue weighted by molar-refractivity contribution is -0.689. The summed E-state index contributed by atoms with van der Waals surface area (Å²) >= 11 is 0. The van der Waals surface area contributed by atoms with Gasteiger partial charge in [0.2, 0.25) is 12.3 Å². The first-order valence-corrected chi connectivity index (χ1v) is 8.63. The van der Waals surface area contributed by atoms with Gasteiger partial charge in [0, 0.05) is 41.7 Å². The number of pyridine rings is 1. The first kappa shape index (κ1) is 17.2. The summed E-state index contributed by atoms with van der Waals surface area (Å²) in [4.78, 5) is 12.9. The minimum Gasteiger partial charge on any atom is -0.318 e. The first-order chi connectivity index (χ1) is 11.9. The lowest BCUT2D eigenvalue weighted by atomic mass is 10.1. The Morgan fingerprint density at radius 3 is 2.40 bits per heavy atom. The highest BCUT2D eigenvalue weighted by atomic mass is 16.1. The third-order valence-electron chi connectivity index (χ3n) is 4.96. The van der Waals surface area contributed by atoms with Crippen LogP contribution >= 0.6 is 0 Å². The number of benzene rings is 1. The highest BCUT2D eigenvalue weighted by molar-refractivity contribution is 5.96. The van der Waals surface area contributed by atoms with E-state index in [0.29, 0.717) is 6.54 Å². The fourth-order valence-corrected chi connectivity index (χ4v) is 3.29. The van der Waals surface area contributed by atoms with E-state index in [-0.39, 0.29) is 5.78 Å². The molecular formula is C22H25N2O+. The second-order valence-electron chi connectivity index (χ2n) is 6.78. The molecule has 3 heteroatoms. The molecule has 3 aromatic rings. The van der Waals surface area contributed by atoms with Crippen molar-refractivity contribution in [1.29, 1.82) is 0 Å². The number of aryl methyl sites for hydroxylation is 4. The number of carbonyl (C=O) groups is 1. The van der Waals surface area contributed by atoms with Gasteiger partial charge in [0.05, 0.1) is 0 Å². The molecule has 1 aromatic carbocycles. The van der Waals surface area contributed by atoms with E-state index in [4.69, 9.17) is 0 Å². The number of hydrogen-bond donors (Lipinski definition) is 0. The van der Waals surface area contributed by atoms with Crippen LogP contribution in [0.25, 0.3) is 5.69 Å². The lowest BCUT2D eigenvalue weighted by Crippen LogP contribution is -2.40. The molecule has 2 aromatic heterocycles. The molecular weight excluding hydrogens is 308 g/mol. The predicted octanol–water partition coefficient (Wildman–Crippen LogP) is 4.19. The zero-order valence-electron chi connectivity index (χ0n) is 15.6. The van der Waals surface area contributed by atoms with Gasteiger partial charge in [-0.2, -0.15) is 4.57 Å². The molecule has 3 nitrogen and oxygen atoms in total. The maximum atomic E-state index is 12.9. The van der Waals surface area contributed by atoms with Crippen molar-refractivity contribution in [2.45, 2.75) is 41.2 Å². The highest BCUT2D eigenvalue weighted by Crippen LogP contribution is 2.23. The molecule has 128 valence electrons. The van der Waals surface area contributed by atoms with Crippen molar-refractivity contribution in [2.75, 3.05) is 0 Å². The average molecular weight is 333 g/mol. The maximum Gasteiger partial charge on any atom is 0.229 e. The van der Waals surface area contributed by atoms with E-state index in [1.807, 2.05) is 48.9 Å². The van der Waals surface area contributed by atoms with Crippen molar-refractivity contribution in [3.63, 3.8) is 0 Å². The highest BCUT2D eigenvalue weighted by Gasteiger charge is 2.20. The Labute approximate surface area is 149 Å². The Morgan fingerprint density at radius 2 is 1.72 bits per heavy atom. The molecule has 0 aliphatic heterocycles. The van der Waals surface area contributed by atoms with E-state index in [0.717, 1.165) is 28.3 Å². The molecule has 0 N–H and O–H groups in total. The molecule has 0 bridgehead atoms. The van der Waals surface area contributed by atoms with Crippen LogP contribution in [0.3, 0.4) is 0 Å². The van der Waals surface area contributed by atoms with Crippen molar-refractivity contribution in [3.05, 3.63) is 82.4 Å². The molecule has 0 saturated carbocycles. The zero-order valence-corrected chi connectivity index (χ0v) is 15.6. The van der Waals surface area contributed by atoms with Gasteiger partial charge in [0.1, 0.15) is 0 Å². The number of aromatic nitrogens is 2. The summed E-state index contributed by atoms with van der Waals surface area (Å²) in [5.74, 6) is 0.141. The van der Waals surface area contributed by atoms with Gasteiger partial charge >= 0.3 is 0 Å². The molecule has 0 unspecified atom stereocenters.